The van der Waals surface area contributed by atoms with E-state index >= 15 is 0 Å². The van der Waals surface area contributed by atoms with Crippen molar-refractivity contribution in [2.75, 3.05) is 0 Å². The van der Waals surface area contributed by atoms with Gasteiger partial charge >= 0.3 is 0 Å². The second kappa shape index (κ2) is 5.92. The van der Waals surface area contributed by atoms with Gasteiger partial charge in [-0.05, 0) is 34.5 Å². The third-order valence-electron chi connectivity index (χ3n) is 3.12. The molecule has 2 aromatic heterocycles. The SMILES string of the molecule is Cc1nn(C)c(Cn2ccc(CNC(C)C)c2)c1Br. The molecule has 0 amide bonds. The molecule has 0 saturated carbocycles. The highest BCUT2D eigenvalue weighted by molar-refractivity contribution is 9.10. The fourth-order valence-electron chi connectivity index (χ4n) is 2.04. The summed E-state index contributed by atoms with van der Waals surface area (Å²) in [6.07, 6.45) is 4.30. The molecule has 0 radical (unpaired) electrons. The van der Waals surface area contributed by atoms with E-state index in [1.165, 1.54) is 11.3 Å². The van der Waals surface area contributed by atoms with Gasteiger partial charge in [0.2, 0.25) is 0 Å². The summed E-state index contributed by atoms with van der Waals surface area (Å²) >= 11 is 3.61. The van der Waals surface area contributed by atoms with Crippen LogP contribution in [-0.4, -0.2) is 20.4 Å². The molecule has 0 spiro atoms. The van der Waals surface area contributed by atoms with E-state index < -0.39 is 0 Å². The Bertz CT molecular complexity index is 554. The van der Waals surface area contributed by atoms with Gasteiger partial charge in [0.25, 0.3) is 0 Å². The summed E-state index contributed by atoms with van der Waals surface area (Å²) in [7, 11) is 1.98. The Balaban J connectivity index is 2.07. The van der Waals surface area contributed by atoms with Gasteiger partial charge in [0.1, 0.15) is 0 Å². The molecule has 2 aromatic rings. The Morgan fingerprint density at radius 1 is 1.42 bits per heavy atom. The number of aromatic nitrogens is 3. The van der Waals surface area contributed by atoms with Gasteiger partial charge in [0.05, 0.1) is 22.4 Å². The molecule has 0 aliphatic rings. The van der Waals surface area contributed by atoms with Crippen molar-refractivity contribution in [2.45, 2.75) is 39.9 Å². The number of nitrogens with zero attached hydrogens (tertiary/aromatic N) is 3. The summed E-state index contributed by atoms with van der Waals surface area (Å²) in [5.41, 5.74) is 3.53. The lowest BCUT2D eigenvalue weighted by Crippen LogP contribution is -2.21. The third kappa shape index (κ3) is 3.48. The van der Waals surface area contributed by atoms with Crippen molar-refractivity contribution in [1.29, 1.82) is 0 Å². The van der Waals surface area contributed by atoms with Crippen LogP contribution < -0.4 is 5.32 Å². The van der Waals surface area contributed by atoms with Gasteiger partial charge in [-0.15, -0.1) is 0 Å². The topological polar surface area (TPSA) is 34.8 Å². The van der Waals surface area contributed by atoms with Crippen LogP contribution in [-0.2, 0) is 20.1 Å². The van der Waals surface area contributed by atoms with E-state index in [0.717, 1.165) is 23.3 Å². The standard InChI is InChI=1S/C14H21BrN4/c1-10(2)16-7-12-5-6-19(8-12)9-13-14(15)11(3)17-18(13)4/h5-6,8,10,16H,7,9H2,1-4H3. The second-order valence-corrected chi connectivity index (χ2v) is 5.99. The molecule has 0 aliphatic heterocycles. The van der Waals surface area contributed by atoms with Crippen molar-refractivity contribution in [3.63, 3.8) is 0 Å². The van der Waals surface area contributed by atoms with E-state index in [-0.39, 0.29) is 0 Å². The molecule has 2 rings (SSSR count). The van der Waals surface area contributed by atoms with Crippen molar-refractivity contribution in [2.24, 2.45) is 7.05 Å². The van der Waals surface area contributed by atoms with Crippen LogP contribution in [0.3, 0.4) is 0 Å². The zero-order valence-electron chi connectivity index (χ0n) is 11.9. The maximum Gasteiger partial charge on any atom is 0.0739 e. The van der Waals surface area contributed by atoms with Crippen LogP contribution in [0.2, 0.25) is 0 Å². The molecule has 0 aliphatic carbocycles. The predicted octanol–water partition coefficient (Wildman–Crippen LogP) is 2.84. The maximum atomic E-state index is 4.42. The average molecular weight is 325 g/mol. The van der Waals surface area contributed by atoms with Gasteiger partial charge in [-0.3, -0.25) is 4.68 Å². The first kappa shape index (κ1) is 14.3. The summed E-state index contributed by atoms with van der Waals surface area (Å²) in [4.78, 5) is 0. The lowest BCUT2D eigenvalue weighted by atomic mass is 10.3. The number of hydrogen-bond donors (Lipinski definition) is 1. The molecule has 0 saturated heterocycles. The Labute approximate surface area is 122 Å². The Morgan fingerprint density at radius 3 is 2.74 bits per heavy atom. The second-order valence-electron chi connectivity index (χ2n) is 5.20. The highest BCUT2D eigenvalue weighted by Gasteiger charge is 2.11. The Morgan fingerprint density at radius 2 is 2.16 bits per heavy atom. The molecule has 1 N–H and O–H groups in total. The molecule has 0 aromatic carbocycles. The predicted molar refractivity (Wildman–Crippen MR) is 81.2 cm³/mol. The van der Waals surface area contributed by atoms with E-state index in [0.29, 0.717) is 6.04 Å². The smallest absolute Gasteiger partial charge is 0.0739 e. The quantitative estimate of drug-likeness (QED) is 0.917. The number of hydrogen-bond acceptors (Lipinski definition) is 2. The van der Waals surface area contributed by atoms with Crippen LogP contribution in [0.5, 0.6) is 0 Å². The van der Waals surface area contributed by atoms with Gasteiger partial charge in [-0.25, -0.2) is 0 Å². The van der Waals surface area contributed by atoms with Gasteiger partial charge in [-0.2, -0.15) is 5.10 Å². The van der Waals surface area contributed by atoms with E-state index in [9.17, 15) is 0 Å². The van der Waals surface area contributed by atoms with Crippen LogP contribution in [0.15, 0.2) is 22.9 Å². The molecular formula is C14H21BrN4. The van der Waals surface area contributed by atoms with Crippen molar-refractivity contribution in [3.8, 4) is 0 Å². The molecule has 0 bridgehead atoms. The molecule has 0 atom stereocenters. The van der Waals surface area contributed by atoms with E-state index in [4.69, 9.17) is 0 Å². The molecular weight excluding hydrogens is 304 g/mol. The van der Waals surface area contributed by atoms with Crippen LogP contribution in [0.1, 0.15) is 30.8 Å². The van der Waals surface area contributed by atoms with E-state index in [1.807, 2.05) is 18.7 Å². The van der Waals surface area contributed by atoms with Crippen molar-refractivity contribution in [3.05, 3.63) is 39.9 Å². The zero-order valence-corrected chi connectivity index (χ0v) is 13.5. The van der Waals surface area contributed by atoms with Gasteiger partial charge in [0, 0.05) is 32.0 Å². The van der Waals surface area contributed by atoms with Crippen LogP contribution >= 0.6 is 15.9 Å². The summed E-state index contributed by atoms with van der Waals surface area (Å²) in [6.45, 7) is 8.08. The number of rotatable bonds is 5. The Hall–Kier alpha value is -1.07. The third-order valence-corrected chi connectivity index (χ3v) is 4.15. The first-order valence-corrected chi connectivity index (χ1v) is 7.32. The zero-order chi connectivity index (χ0) is 14.0. The van der Waals surface area contributed by atoms with Crippen LogP contribution in [0, 0.1) is 6.92 Å². The lowest BCUT2D eigenvalue weighted by molar-refractivity contribution is 0.587. The maximum absolute atomic E-state index is 4.42. The molecule has 5 heteroatoms. The first-order chi connectivity index (χ1) is 8.97. The molecule has 0 fully saturated rings. The van der Waals surface area contributed by atoms with E-state index in [1.54, 1.807) is 0 Å². The number of nitrogens with one attached hydrogen (secondary N) is 1. The number of halogens is 1. The molecule has 19 heavy (non-hydrogen) atoms. The van der Waals surface area contributed by atoms with Crippen LogP contribution in [0.25, 0.3) is 0 Å². The normalized spacial score (nSPS) is 11.5. The van der Waals surface area contributed by atoms with Crippen molar-refractivity contribution < 1.29 is 0 Å². The average Bonchev–Trinajstić information content (AvgIpc) is 2.88. The summed E-state index contributed by atoms with van der Waals surface area (Å²) in [5, 5.41) is 7.84. The molecule has 104 valence electrons. The molecule has 2 heterocycles. The van der Waals surface area contributed by atoms with Gasteiger partial charge < -0.3 is 9.88 Å². The fourth-order valence-corrected chi connectivity index (χ4v) is 2.50. The largest absolute Gasteiger partial charge is 0.348 e. The number of aryl methyl sites for hydroxylation is 2. The van der Waals surface area contributed by atoms with Crippen molar-refractivity contribution >= 4 is 15.9 Å². The van der Waals surface area contributed by atoms with E-state index in [2.05, 4.69) is 63.2 Å². The minimum Gasteiger partial charge on any atom is -0.348 e. The fraction of sp³-hybridized carbons (Fsp3) is 0.500. The summed E-state index contributed by atoms with van der Waals surface area (Å²) in [5.74, 6) is 0. The molecule has 0 unspecified atom stereocenters. The highest BCUT2D eigenvalue weighted by atomic mass is 79.9. The van der Waals surface area contributed by atoms with Crippen LogP contribution in [0.4, 0.5) is 0 Å². The highest BCUT2D eigenvalue weighted by Crippen LogP contribution is 2.21. The minimum absolute atomic E-state index is 0.511. The van der Waals surface area contributed by atoms with Gasteiger partial charge in [0.15, 0.2) is 0 Å². The first-order valence-electron chi connectivity index (χ1n) is 6.53. The Kier molecular flexibility index (Phi) is 4.47. The monoisotopic (exact) mass is 324 g/mol. The summed E-state index contributed by atoms with van der Waals surface area (Å²) in [6, 6.07) is 2.67. The molecule has 4 nitrogen and oxygen atoms in total. The lowest BCUT2D eigenvalue weighted by Gasteiger charge is -2.06. The van der Waals surface area contributed by atoms with Gasteiger partial charge in [-0.1, -0.05) is 13.8 Å². The van der Waals surface area contributed by atoms with Crippen molar-refractivity contribution in [1.82, 2.24) is 19.7 Å². The minimum atomic E-state index is 0.511. The summed E-state index contributed by atoms with van der Waals surface area (Å²) < 4.78 is 5.23.